The molecular weight excluding hydrogens is 324 g/mol. The summed E-state index contributed by atoms with van der Waals surface area (Å²) in [6, 6.07) is 7.04. The Hall–Kier alpha value is -2.74. The molecule has 2 aliphatic heterocycles. The highest BCUT2D eigenvalue weighted by atomic mass is 16.5. The lowest BCUT2D eigenvalue weighted by molar-refractivity contribution is -0.157. The summed E-state index contributed by atoms with van der Waals surface area (Å²) in [6.45, 7) is 1.47. The van der Waals surface area contributed by atoms with Gasteiger partial charge < -0.3 is 14.7 Å². The molecule has 0 radical (unpaired) electrons. The van der Waals surface area contributed by atoms with Crippen LogP contribution >= 0.6 is 0 Å². The maximum atomic E-state index is 12.8. The molecule has 3 heterocycles. The average Bonchev–Trinajstić information content (AvgIpc) is 3.29. The van der Waals surface area contributed by atoms with Gasteiger partial charge in [0.2, 0.25) is 0 Å². The number of ether oxygens (including phenoxy) is 1. The van der Waals surface area contributed by atoms with Gasteiger partial charge in [-0.2, -0.15) is 0 Å². The number of aromatic nitrogens is 3. The van der Waals surface area contributed by atoms with Crippen LogP contribution in [0.15, 0.2) is 36.7 Å². The van der Waals surface area contributed by atoms with E-state index in [1.807, 2.05) is 0 Å². The average molecular weight is 342 g/mol. The second-order valence-electron chi connectivity index (χ2n) is 6.56. The van der Waals surface area contributed by atoms with E-state index in [1.54, 1.807) is 46.2 Å². The van der Waals surface area contributed by atoms with Gasteiger partial charge in [0, 0.05) is 31.2 Å². The van der Waals surface area contributed by atoms with E-state index in [-0.39, 0.29) is 18.4 Å². The van der Waals surface area contributed by atoms with Crippen LogP contribution in [0.3, 0.4) is 0 Å². The zero-order valence-electron chi connectivity index (χ0n) is 13.5. The number of likely N-dealkylation sites (tertiary alicyclic amines) is 1. The fraction of sp³-hybridized carbons (Fsp3) is 0.412. The normalized spacial score (nSPS) is 25.6. The van der Waals surface area contributed by atoms with Crippen LogP contribution in [0.5, 0.6) is 0 Å². The van der Waals surface area contributed by atoms with Crippen molar-refractivity contribution >= 4 is 11.9 Å². The molecule has 1 N–H and O–H groups in total. The summed E-state index contributed by atoms with van der Waals surface area (Å²) in [5.41, 5.74) is 0.456. The van der Waals surface area contributed by atoms with Crippen LogP contribution in [0.25, 0.3) is 5.69 Å². The summed E-state index contributed by atoms with van der Waals surface area (Å²) in [5.74, 6) is -1.14. The molecule has 0 unspecified atom stereocenters. The molecule has 1 aromatic carbocycles. The van der Waals surface area contributed by atoms with E-state index >= 15 is 0 Å². The highest BCUT2D eigenvalue weighted by molar-refractivity contribution is 5.95. The van der Waals surface area contributed by atoms with Crippen LogP contribution in [0.1, 0.15) is 16.8 Å². The summed E-state index contributed by atoms with van der Waals surface area (Å²) in [6.07, 6.45) is 3.75. The van der Waals surface area contributed by atoms with Crippen molar-refractivity contribution in [2.24, 2.45) is 11.3 Å². The van der Waals surface area contributed by atoms with Gasteiger partial charge in [-0.15, -0.1) is 5.10 Å². The third kappa shape index (κ3) is 2.58. The van der Waals surface area contributed by atoms with E-state index in [2.05, 4.69) is 10.3 Å². The highest BCUT2D eigenvalue weighted by Crippen LogP contribution is 2.42. The van der Waals surface area contributed by atoms with Gasteiger partial charge in [0.05, 0.1) is 30.1 Å². The van der Waals surface area contributed by atoms with Crippen molar-refractivity contribution in [2.75, 3.05) is 26.3 Å². The van der Waals surface area contributed by atoms with Crippen molar-refractivity contribution in [3.05, 3.63) is 42.2 Å². The van der Waals surface area contributed by atoms with Gasteiger partial charge in [-0.25, -0.2) is 4.68 Å². The molecule has 2 saturated heterocycles. The molecule has 2 aromatic rings. The lowest BCUT2D eigenvalue weighted by atomic mass is 9.74. The molecule has 8 nitrogen and oxygen atoms in total. The maximum absolute atomic E-state index is 12.8. The van der Waals surface area contributed by atoms with E-state index in [4.69, 9.17) is 4.74 Å². The van der Waals surface area contributed by atoms with Gasteiger partial charge >= 0.3 is 5.97 Å². The zero-order chi connectivity index (χ0) is 17.4. The smallest absolute Gasteiger partial charge is 0.311 e. The minimum absolute atomic E-state index is 0.153. The largest absolute Gasteiger partial charge is 0.481 e. The topological polar surface area (TPSA) is 97.5 Å². The second kappa shape index (κ2) is 5.96. The highest BCUT2D eigenvalue weighted by Gasteiger charge is 2.54. The van der Waals surface area contributed by atoms with Crippen LogP contribution in [-0.4, -0.2) is 63.2 Å². The lowest BCUT2D eigenvalue weighted by Gasteiger charge is -2.33. The number of rotatable bonds is 3. The Kier molecular flexibility index (Phi) is 3.76. The Balaban J connectivity index is 1.54. The summed E-state index contributed by atoms with van der Waals surface area (Å²) in [7, 11) is 0. The van der Waals surface area contributed by atoms with Crippen LogP contribution in [0.4, 0.5) is 0 Å². The summed E-state index contributed by atoms with van der Waals surface area (Å²) >= 11 is 0. The number of hydrogen-bond acceptors (Lipinski definition) is 5. The Morgan fingerprint density at radius 2 is 2.08 bits per heavy atom. The molecule has 0 bridgehead atoms. The Morgan fingerprint density at radius 3 is 2.72 bits per heavy atom. The number of fused-ring (bicyclic) bond motifs is 1. The Bertz CT molecular complexity index is 789. The fourth-order valence-corrected chi connectivity index (χ4v) is 3.74. The van der Waals surface area contributed by atoms with E-state index in [0.29, 0.717) is 31.7 Å². The summed E-state index contributed by atoms with van der Waals surface area (Å²) in [5, 5.41) is 17.4. The second-order valence-corrected chi connectivity index (χ2v) is 6.56. The first-order chi connectivity index (χ1) is 12.1. The quantitative estimate of drug-likeness (QED) is 0.887. The minimum Gasteiger partial charge on any atom is -0.481 e. The van der Waals surface area contributed by atoms with Crippen LogP contribution in [-0.2, 0) is 9.53 Å². The van der Waals surface area contributed by atoms with Crippen molar-refractivity contribution in [3.8, 4) is 5.69 Å². The SMILES string of the molecule is O=C(c1ccc(-n2ccnn2)cc1)N1C[C@H]2COCC[C@@]2(C(=O)O)C1. The first-order valence-electron chi connectivity index (χ1n) is 8.17. The van der Waals surface area contributed by atoms with Crippen molar-refractivity contribution < 1.29 is 19.4 Å². The fourth-order valence-electron chi connectivity index (χ4n) is 3.74. The molecule has 130 valence electrons. The number of carbonyl (C=O) groups is 2. The molecule has 2 aliphatic rings. The first kappa shape index (κ1) is 15.8. The minimum atomic E-state index is -0.880. The predicted octanol–water partition coefficient (Wildman–Crippen LogP) is 0.831. The van der Waals surface area contributed by atoms with E-state index < -0.39 is 11.4 Å². The van der Waals surface area contributed by atoms with Crippen LogP contribution in [0, 0.1) is 11.3 Å². The molecule has 25 heavy (non-hydrogen) atoms. The number of carboxylic acid groups (broad SMARTS) is 1. The van der Waals surface area contributed by atoms with E-state index in [0.717, 1.165) is 5.69 Å². The number of aliphatic carboxylic acids is 1. The standard InChI is InChI=1S/C17H18N4O4/c22-15(12-1-3-14(4-2-12)21-7-6-18-19-21)20-9-13-10-25-8-5-17(13,11-20)16(23)24/h1-4,6-7,13H,5,8-11H2,(H,23,24)/t13-,17+/m0/s1. The van der Waals surface area contributed by atoms with Crippen molar-refractivity contribution in [2.45, 2.75) is 6.42 Å². The molecular formula is C17H18N4O4. The van der Waals surface area contributed by atoms with Gasteiger partial charge in [-0.05, 0) is 30.7 Å². The van der Waals surface area contributed by atoms with Gasteiger partial charge in [0.1, 0.15) is 0 Å². The lowest BCUT2D eigenvalue weighted by Crippen LogP contribution is -2.45. The van der Waals surface area contributed by atoms with Crippen LogP contribution < -0.4 is 0 Å². The molecule has 2 fully saturated rings. The third-order valence-corrected chi connectivity index (χ3v) is 5.22. The third-order valence-electron chi connectivity index (χ3n) is 5.22. The summed E-state index contributed by atoms with van der Waals surface area (Å²) < 4.78 is 7.04. The number of amides is 1. The molecule has 1 amide bonds. The summed E-state index contributed by atoms with van der Waals surface area (Å²) in [4.78, 5) is 26.3. The number of carboxylic acids is 1. The van der Waals surface area contributed by atoms with E-state index in [9.17, 15) is 14.7 Å². The molecule has 2 atom stereocenters. The monoisotopic (exact) mass is 342 g/mol. The molecule has 8 heteroatoms. The maximum Gasteiger partial charge on any atom is 0.311 e. The molecule has 0 saturated carbocycles. The molecule has 4 rings (SSSR count). The van der Waals surface area contributed by atoms with Gasteiger partial charge in [-0.1, -0.05) is 5.21 Å². The van der Waals surface area contributed by atoms with Crippen molar-refractivity contribution in [3.63, 3.8) is 0 Å². The molecule has 0 spiro atoms. The first-order valence-corrected chi connectivity index (χ1v) is 8.17. The van der Waals surface area contributed by atoms with Gasteiger partial charge in [0.15, 0.2) is 0 Å². The van der Waals surface area contributed by atoms with Gasteiger partial charge in [0.25, 0.3) is 5.91 Å². The van der Waals surface area contributed by atoms with E-state index in [1.165, 1.54) is 0 Å². The number of carbonyl (C=O) groups excluding carboxylic acids is 1. The number of nitrogens with zero attached hydrogens (tertiary/aromatic N) is 4. The predicted molar refractivity (Wildman–Crippen MR) is 86.3 cm³/mol. The van der Waals surface area contributed by atoms with Crippen LogP contribution in [0.2, 0.25) is 0 Å². The van der Waals surface area contributed by atoms with Crippen molar-refractivity contribution in [1.82, 2.24) is 19.9 Å². The number of hydrogen-bond donors (Lipinski definition) is 1. The zero-order valence-corrected chi connectivity index (χ0v) is 13.5. The van der Waals surface area contributed by atoms with Crippen molar-refractivity contribution in [1.29, 1.82) is 0 Å². The van der Waals surface area contributed by atoms with Gasteiger partial charge in [-0.3, -0.25) is 9.59 Å². The molecule has 1 aromatic heterocycles. The Labute approximate surface area is 144 Å². The Morgan fingerprint density at radius 1 is 1.28 bits per heavy atom. The number of benzene rings is 1. The molecule has 0 aliphatic carbocycles.